The zero-order chi connectivity index (χ0) is 46.5. The summed E-state index contributed by atoms with van der Waals surface area (Å²) in [6, 6.07) is 0.140. The van der Waals surface area contributed by atoms with Gasteiger partial charge in [0.2, 0.25) is 0 Å². The first kappa shape index (κ1) is 52.0. The predicted molar refractivity (Wildman–Crippen MR) is 238 cm³/mol. The molecule has 2 bridgehead atoms. The van der Waals surface area contributed by atoms with Crippen LogP contribution in [0.5, 0.6) is 0 Å². The van der Waals surface area contributed by atoms with Crippen molar-refractivity contribution in [3.8, 4) is 0 Å². The van der Waals surface area contributed by atoms with Gasteiger partial charge in [-0.3, -0.25) is 0 Å². The number of ether oxygens (including phenoxy) is 6. The molecule has 5 aliphatic rings. The zero-order valence-corrected chi connectivity index (χ0v) is 39.9. The lowest BCUT2D eigenvalue weighted by Gasteiger charge is -2.50. The highest BCUT2D eigenvalue weighted by Crippen LogP contribution is 2.46. The van der Waals surface area contributed by atoms with Crippen molar-refractivity contribution in [1.82, 2.24) is 4.90 Å². The molecule has 0 radical (unpaired) electrons. The van der Waals surface area contributed by atoms with Gasteiger partial charge in [-0.1, -0.05) is 45.8 Å². The van der Waals surface area contributed by atoms with Gasteiger partial charge in [0.25, 0.3) is 0 Å². The molecule has 0 amide bonds. The topological polar surface area (TPSA) is 197 Å². The molecule has 0 aromatic heterocycles. The van der Waals surface area contributed by atoms with Gasteiger partial charge in [-0.15, -0.1) is 0 Å². The fourth-order valence-corrected chi connectivity index (χ4v) is 10.4. The SMILES string of the molecule is CCC(O)CC1CCCC2(CC3OC(=O)/C=C/[C@@](C)(O)C(O)C(C)C(O)C(OC4CCC(N(C)C)C(C)O4)C(O)C(C)(O)CCCCC/C=C/C4=C(CC(O2)C3C)OC(C)(C)C4)O1. The van der Waals surface area contributed by atoms with Crippen molar-refractivity contribution in [1.29, 1.82) is 0 Å². The van der Waals surface area contributed by atoms with Crippen LogP contribution in [-0.2, 0) is 33.2 Å². The van der Waals surface area contributed by atoms with E-state index in [1.807, 2.05) is 34.9 Å². The lowest BCUT2D eigenvalue weighted by molar-refractivity contribution is -0.340. The number of aliphatic hydroxyl groups excluding tert-OH is 4. The molecule has 14 nitrogen and oxygen atoms in total. The first-order valence-electron chi connectivity index (χ1n) is 23.9. The lowest BCUT2D eigenvalue weighted by atomic mass is 9.79. The molecule has 3 saturated heterocycles. The Hall–Kier alpha value is -1.95. The molecular weight excluding hydrogens is 811 g/mol. The molecule has 5 aliphatic heterocycles. The average molecular weight is 894 g/mol. The maximum Gasteiger partial charge on any atom is 0.330 e. The Morgan fingerprint density at radius 2 is 1.62 bits per heavy atom. The van der Waals surface area contributed by atoms with E-state index in [0.717, 1.165) is 62.0 Å². The molecule has 0 saturated carbocycles. The van der Waals surface area contributed by atoms with Crippen molar-refractivity contribution in [2.75, 3.05) is 14.1 Å². The van der Waals surface area contributed by atoms with Crippen molar-refractivity contribution < 1.29 is 63.9 Å². The quantitative estimate of drug-likeness (QED) is 0.177. The number of likely N-dealkylation sites (N-methyl/N-ethyl adjacent to an activating group) is 1. The van der Waals surface area contributed by atoms with E-state index in [1.54, 1.807) is 0 Å². The van der Waals surface area contributed by atoms with Gasteiger partial charge < -0.3 is 64.0 Å². The maximum atomic E-state index is 13.7. The number of nitrogens with zero attached hydrogens (tertiary/aromatic N) is 1. The van der Waals surface area contributed by atoms with E-state index < -0.39 is 83.5 Å². The van der Waals surface area contributed by atoms with E-state index in [9.17, 15) is 35.4 Å². The number of carbonyl (C=O) groups is 1. The average Bonchev–Trinajstić information content (AvgIpc) is 3.50. The number of aliphatic hydroxyl groups is 6. The third kappa shape index (κ3) is 13.6. The lowest BCUT2D eigenvalue weighted by Crippen LogP contribution is -2.58. The highest BCUT2D eigenvalue weighted by atomic mass is 16.7. The number of hydrogen-bond acceptors (Lipinski definition) is 14. The van der Waals surface area contributed by atoms with E-state index in [-0.39, 0.29) is 37.0 Å². The third-order valence-electron chi connectivity index (χ3n) is 14.5. The minimum atomic E-state index is -2.05. The van der Waals surface area contributed by atoms with Gasteiger partial charge >= 0.3 is 5.97 Å². The number of esters is 1. The number of carbonyl (C=O) groups excluding carboxylic acids is 1. The van der Waals surface area contributed by atoms with Crippen molar-refractivity contribution in [3.63, 3.8) is 0 Å². The second kappa shape index (κ2) is 21.8. The molecule has 0 aromatic rings. The molecule has 15 unspecified atom stereocenters. The molecule has 3 fully saturated rings. The number of rotatable bonds is 6. The van der Waals surface area contributed by atoms with Gasteiger partial charge in [-0.25, -0.2) is 4.79 Å². The molecule has 6 N–H and O–H groups in total. The Labute approximate surface area is 377 Å². The van der Waals surface area contributed by atoms with Gasteiger partial charge in [0.15, 0.2) is 12.1 Å². The zero-order valence-electron chi connectivity index (χ0n) is 39.9. The summed E-state index contributed by atoms with van der Waals surface area (Å²) in [6.45, 7) is 14.4. The van der Waals surface area contributed by atoms with Crippen LogP contribution in [0.2, 0.25) is 0 Å². The van der Waals surface area contributed by atoms with Crippen LogP contribution in [-0.4, -0.2) is 145 Å². The molecule has 16 atom stereocenters. The van der Waals surface area contributed by atoms with Crippen LogP contribution in [0.1, 0.15) is 152 Å². The smallest absolute Gasteiger partial charge is 0.330 e. The van der Waals surface area contributed by atoms with Crippen molar-refractivity contribution in [2.45, 2.75) is 242 Å². The highest BCUT2D eigenvalue weighted by Gasteiger charge is 2.52. The highest BCUT2D eigenvalue weighted by molar-refractivity contribution is 5.82. The van der Waals surface area contributed by atoms with E-state index in [4.69, 9.17) is 28.4 Å². The monoisotopic (exact) mass is 894 g/mol. The van der Waals surface area contributed by atoms with Gasteiger partial charge in [0, 0.05) is 49.6 Å². The van der Waals surface area contributed by atoms with Gasteiger partial charge in [0.1, 0.15) is 35.3 Å². The summed E-state index contributed by atoms with van der Waals surface area (Å²) >= 11 is 0. The number of hydrogen-bond donors (Lipinski definition) is 6. The molecule has 63 heavy (non-hydrogen) atoms. The predicted octanol–water partition coefficient (Wildman–Crippen LogP) is 5.73. The van der Waals surface area contributed by atoms with Crippen LogP contribution in [0.25, 0.3) is 0 Å². The fourth-order valence-electron chi connectivity index (χ4n) is 10.4. The van der Waals surface area contributed by atoms with Crippen LogP contribution in [0.4, 0.5) is 0 Å². The van der Waals surface area contributed by atoms with Crippen LogP contribution >= 0.6 is 0 Å². The van der Waals surface area contributed by atoms with Crippen molar-refractivity contribution in [3.05, 3.63) is 35.6 Å². The minimum Gasteiger partial charge on any atom is -0.491 e. The van der Waals surface area contributed by atoms with E-state index in [0.29, 0.717) is 44.9 Å². The summed E-state index contributed by atoms with van der Waals surface area (Å²) in [6.07, 6.45) is 6.64. The Bertz CT molecular complexity index is 1580. The Kier molecular flexibility index (Phi) is 18.0. The van der Waals surface area contributed by atoms with Gasteiger partial charge in [0.05, 0.1) is 42.2 Å². The summed E-state index contributed by atoms with van der Waals surface area (Å²) in [7, 11) is 3.96. The van der Waals surface area contributed by atoms with E-state index in [2.05, 4.69) is 30.9 Å². The summed E-state index contributed by atoms with van der Waals surface area (Å²) in [5.74, 6) is -2.36. The molecule has 0 aromatic carbocycles. The molecule has 0 aliphatic carbocycles. The molecule has 362 valence electrons. The maximum absolute atomic E-state index is 13.7. The van der Waals surface area contributed by atoms with Crippen LogP contribution in [0, 0.1) is 11.8 Å². The number of allylic oxidation sites excluding steroid dienone is 2. The van der Waals surface area contributed by atoms with Crippen LogP contribution in [0.15, 0.2) is 35.6 Å². The summed E-state index contributed by atoms with van der Waals surface area (Å²) < 4.78 is 39.0. The Morgan fingerprint density at radius 1 is 0.889 bits per heavy atom. The molecular formula is C49H83NO13. The van der Waals surface area contributed by atoms with Crippen LogP contribution in [0.3, 0.4) is 0 Å². The Balaban J connectivity index is 1.44. The van der Waals surface area contributed by atoms with Gasteiger partial charge in [-0.05, 0) is 118 Å². The van der Waals surface area contributed by atoms with Gasteiger partial charge in [-0.2, -0.15) is 0 Å². The number of fused-ring (bicyclic) bond motifs is 2. The van der Waals surface area contributed by atoms with Crippen molar-refractivity contribution >= 4 is 5.97 Å². The standard InChI is InChI=1S/C49H83NO13/c1-11-34(51)26-35-19-17-24-49(61-35)29-39-30(2)37(63-49)27-38-33(28-46(5,6)62-38)18-15-13-12-14-16-23-47(7,56)45(55)43(60-41-21-20-36(50(9)10)32(4)58-41)42(53)31(3)44(54)48(8,57)25-22-40(52)59-39/h15,18,22,25,30-32,34-37,39,41-45,51,53-57H,11-14,16-17,19-21,23-24,26-29H2,1-10H3/b18-15+,25-22+/t30?,31?,32?,34?,35?,36?,37?,39?,41?,42?,43?,44?,45?,47?,48-,49?/m1/s1. The molecule has 14 heteroatoms. The Morgan fingerprint density at radius 3 is 2.30 bits per heavy atom. The summed E-state index contributed by atoms with van der Waals surface area (Å²) in [4.78, 5) is 15.8. The van der Waals surface area contributed by atoms with Crippen LogP contribution < -0.4 is 0 Å². The van der Waals surface area contributed by atoms with E-state index in [1.165, 1.54) is 20.8 Å². The first-order chi connectivity index (χ1) is 29.5. The largest absolute Gasteiger partial charge is 0.491 e. The molecule has 5 heterocycles. The second-order valence-corrected chi connectivity index (χ2v) is 20.9. The first-order valence-corrected chi connectivity index (χ1v) is 23.9. The van der Waals surface area contributed by atoms with E-state index >= 15 is 0 Å². The second-order valence-electron chi connectivity index (χ2n) is 20.9. The normalized spacial score (nSPS) is 44.2. The summed E-state index contributed by atoms with van der Waals surface area (Å²) in [5, 5.41) is 69.4. The van der Waals surface area contributed by atoms with Crippen molar-refractivity contribution in [2.24, 2.45) is 11.8 Å². The fraction of sp³-hybridized carbons (Fsp3) is 0.857. The molecule has 5 rings (SSSR count). The molecule has 1 spiro atoms. The third-order valence-corrected chi connectivity index (χ3v) is 14.5. The minimum absolute atomic E-state index is 0.140. The summed E-state index contributed by atoms with van der Waals surface area (Å²) in [5.41, 5.74) is -3.08.